The predicted octanol–water partition coefficient (Wildman–Crippen LogP) is 2.32. The molecule has 0 spiro atoms. The van der Waals surface area contributed by atoms with Gasteiger partial charge in [-0.2, -0.15) is 5.10 Å². The Kier molecular flexibility index (Phi) is 4.85. The molecule has 1 unspecified atom stereocenters. The smallest absolute Gasteiger partial charge is 0.271 e. The highest BCUT2D eigenvalue weighted by Gasteiger charge is 2.27. The third-order valence-electron chi connectivity index (χ3n) is 4.70. The lowest BCUT2D eigenvalue weighted by Crippen LogP contribution is -2.40. The van der Waals surface area contributed by atoms with Crippen molar-refractivity contribution in [3.63, 3.8) is 0 Å². The van der Waals surface area contributed by atoms with Crippen molar-refractivity contribution in [1.29, 1.82) is 0 Å². The second-order valence-corrected chi connectivity index (χ2v) is 6.24. The lowest BCUT2D eigenvalue weighted by molar-refractivity contribution is 0.0517. The summed E-state index contributed by atoms with van der Waals surface area (Å²) in [6.07, 6.45) is 1.35. The number of hydrogen-bond acceptors (Lipinski definition) is 4. The molecule has 0 aliphatic carbocycles. The number of piperidine rings is 1. The Labute approximate surface area is 141 Å². The number of aromatic nitrogens is 2. The average molecular weight is 329 g/mol. The van der Waals surface area contributed by atoms with E-state index in [1.165, 1.54) is 0 Å². The number of carbonyl (C=O) groups is 1. The molecule has 1 aromatic heterocycles. The first kappa shape index (κ1) is 16.5. The Morgan fingerprint density at radius 1 is 1.38 bits per heavy atom. The Morgan fingerprint density at radius 3 is 2.75 bits per heavy atom. The summed E-state index contributed by atoms with van der Waals surface area (Å²) in [6.45, 7) is 3.14. The Balaban J connectivity index is 1.73. The minimum atomic E-state index is -0.313. The number of carbonyl (C=O) groups excluding carboxylic acids is 1. The summed E-state index contributed by atoms with van der Waals surface area (Å²) in [5.41, 5.74) is 2.02. The van der Waals surface area contributed by atoms with Gasteiger partial charge in [0.2, 0.25) is 0 Å². The van der Waals surface area contributed by atoms with Gasteiger partial charge in [-0.3, -0.25) is 9.89 Å². The van der Waals surface area contributed by atoms with Crippen LogP contribution in [0.25, 0.3) is 11.3 Å². The van der Waals surface area contributed by atoms with E-state index in [2.05, 4.69) is 10.2 Å². The van der Waals surface area contributed by atoms with E-state index in [1.807, 2.05) is 36.1 Å². The van der Waals surface area contributed by atoms with Crippen LogP contribution >= 0.6 is 0 Å². The summed E-state index contributed by atoms with van der Waals surface area (Å²) in [6, 6.07) is 9.35. The molecule has 2 N–H and O–H groups in total. The maximum Gasteiger partial charge on any atom is 0.271 e. The molecule has 2 heterocycles. The highest BCUT2D eigenvalue weighted by atomic mass is 16.5. The monoisotopic (exact) mass is 329 g/mol. The lowest BCUT2D eigenvalue weighted by Gasteiger charge is -2.32. The summed E-state index contributed by atoms with van der Waals surface area (Å²) >= 11 is 0. The number of benzene rings is 1. The molecular formula is C18H23N3O3. The molecule has 6 nitrogen and oxygen atoms in total. The number of methoxy groups -OCH3 is 1. The number of hydrogen-bond donors (Lipinski definition) is 2. The van der Waals surface area contributed by atoms with Gasteiger partial charge in [0.25, 0.3) is 5.91 Å². The van der Waals surface area contributed by atoms with Gasteiger partial charge in [-0.05, 0) is 43.9 Å². The van der Waals surface area contributed by atoms with E-state index in [1.54, 1.807) is 13.2 Å². The molecule has 6 heteroatoms. The van der Waals surface area contributed by atoms with Crippen LogP contribution in [0, 0.1) is 5.92 Å². The molecular weight excluding hydrogens is 306 g/mol. The number of aliphatic hydroxyl groups is 1. The van der Waals surface area contributed by atoms with Gasteiger partial charge in [-0.25, -0.2) is 0 Å². The van der Waals surface area contributed by atoms with Gasteiger partial charge < -0.3 is 14.7 Å². The number of likely N-dealkylation sites (tertiary alicyclic amines) is 1. The predicted molar refractivity (Wildman–Crippen MR) is 90.9 cm³/mol. The number of H-pyrrole nitrogens is 1. The zero-order valence-electron chi connectivity index (χ0n) is 14.0. The van der Waals surface area contributed by atoms with Gasteiger partial charge in [0.15, 0.2) is 0 Å². The summed E-state index contributed by atoms with van der Waals surface area (Å²) in [7, 11) is 1.61. The average Bonchev–Trinajstić information content (AvgIpc) is 3.11. The number of aromatic amines is 1. The number of para-hydroxylation sites is 1. The first-order chi connectivity index (χ1) is 11.6. The summed E-state index contributed by atoms with van der Waals surface area (Å²) in [5.74, 6) is 0.952. The van der Waals surface area contributed by atoms with Crippen LogP contribution in [-0.4, -0.2) is 52.4 Å². The van der Waals surface area contributed by atoms with Crippen LogP contribution in [0.4, 0.5) is 0 Å². The fraction of sp³-hybridized carbons (Fsp3) is 0.444. The Bertz CT molecular complexity index is 703. The Hall–Kier alpha value is -2.34. The molecule has 1 aliphatic heterocycles. The molecule has 1 atom stereocenters. The van der Waals surface area contributed by atoms with Gasteiger partial charge in [0, 0.05) is 18.7 Å². The fourth-order valence-corrected chi connectivity index (χ4v) is 3.18. The van der Waals surface area contributed by atoms with Crippen molar-refractivity contribution in [2.24, 2.45) is 5.92 Å². The summed E-state index contributed by atoms with van der Waals surface area (Å²) in [4.78, 5) is 14.5. The highest BCUT2D eigenvalue weighted by molar-refractivity contribution is 5.93. The topological polar surface area (TPSA) is 78.5 Å². The van der Waals surface area contributed by atoms with Crippen molar-refractivity contribution in [1.82, 2.24) is 15.1 Å². The van der Waals surface area contributed by atoms with Crippen LogP contribution in [-0.2, 0) is 0 Å². The van der Waals surface area contributed by atoms with E-state index in [4.69, 9.17) is 4.74 Å². The van der Waals surface area contributed by atoms with Crippen LogP contribution in [0.3, 0.4) is 0 Å². The van der Waals surface area contributed by atoms with Crippen molar-refractivity contribution >= 4 is 5.91 Å². The van der Waals surface area contributed by atoms with Gasteiger partial charge >= 0.3 is 0 Å². The third kappa shape index (κ3) is 3.28. The first-order valence-corrected chi connectivity index (χ1v) is 8.26. The van der Waals surface area contributed by atoms with Crippen molar-refractivity contribution in [2.75, 3.05) is 20.2 Å². The minimum absolute atomic E-state index is 0.0484. The molecule has 1 saturated heterocycles. The maximum atomic E-state index is 12.6. The molecule has 1 amide bonds. The Morgan fingerprint density at radius 2 is 2.08 bits per heavy atom. The molecule has 2 aromatic rings. The number of aliphatic hydroxyl groups excluding tert-OH is 1. The third-order valence-corrected chi connectivity index (χ3v) is 4.70. The molecule has 1 aromatic carbocycles. The molecule has 0 bridgehead atoms. The summed E-state index contributed by atoms with van der Waals surface area (Å²) < 4.78 is 5.35. The minimum Gasteiger partial charge on any atom is -0.496 e. The van der Waals surface area contributed by atoms with Gasteiger partial charge in [-0.1, -0.05) is 12.1 Å². The molecule has 0 saturated carbocycles. The number of nitrogens with zero attached hydrogens (tertiary/aromatic N) is 2. The second-order valence-electron chi connectivity index (χ2n) is 6.24. The molecule has 1 aliphatic rings. The number of amides is 1. The molecule has 128 valence electrons. The van der Waals surface area contributed by atoms with Gasteiger partial charge in [0.05, 0.1) is 18.9 Å². The molecule has 24 heavy (non-hydrogen) atoms. The fourth-order valence-electron chi connectivity index (χ4n) is 3.18. The largest absolute Gasteiger partial charge is 0.496 e. The molecule has 1 fully saturated rings. The molecule has 0 radical (unpaired) electrons. The van der Waals surface area contributed by atoms with Crippen molar-refractivity contribution in [2.45, 2.75) is 25.9 Å². The maximum absolute atomic E-state index is 12.6. The SMILES string of the molecule is COc1ccccc1-c1cc(C(=O)N2CCC(C(C)O)CC2)[nH]n1. The van der Waals surface area contributed by atoms with Crippen LogP contribution in [0.2, 0.25) is 0 Å². The van der Waals surface area contributed by atoms with Crippen molar-refractivity contribution in [3.05, 3.63) is 36.0 Å². The van der Waals surface area contributed by atoms with Crippen LogP contribution in [0.15, 0.2) is 30.3 Å². The first-order valence-electron chi connectivity index (χ1n) is 8.26. The lowest BCUT2D eigenvalue weighted by atomic mass is 9.92. The number of nitrogens with one attached hydrogen (secondary N) is 1. The summed E-state index contributed by atoms with van der Waals surface area (Å²) in [5, 5.41) is 16.8. The molecule has 3 rings (SSSR count). The quantitative estimate of drug-likeness (QED) is 0.902. The highest BCUT2D eigenvalue weighted by Crippen LogP contribution is 2.29. The van der Waals surface area contributed by atoms with E-state index in [0.717, 1.165) is 24.2 Å². The van der Waals surface area contributed by atoms with E-state index in [-0.39, 0.29) is 17.9 Å². The zero-order chi connectivity index (χ0) is 17.1. The van der Waals surface area contributed by atoms with Gasteiger partial charge in [-0.15, -0.1) is 0 Å². The number of ether oxygens (including phenoxy) is 1. The van der Waals surface area contributed by atoms with Crippen LogP contribution < -0.4 is 4.74 Å². The van der Waals surface area contributed by atoms with Gasteiger partial charge in [0.1, 0.15) is 11.4 Å². The zero-order valence-corrected chi connectivity index (χ0v) is 14.0. The van der Waals surface area contributed by atoms with Crippen LogP contribution in [0.5, 0.6) is 5.75 Å². The van der Waals surface area contributed by atoms with Crippen molar-refractivity contribution in [3.8, 4) is 17.0 Å². The normalized spacial score (nSPS) is 16.9. The van der Waals surface area contributed by atoms with E-state index >= 15 is 0 Å². The standard InChI is InChI=1S/C18H23N3O3/c1-12(22)13-7-9-21(10-8-13)18(23)16-11-15(19-20-16)14-5-3-4-6-17(14)24-2/h3-6,11-13,22H,7-10H2,1-2H3,(H,19,20). The van der Waals surface area contributed by atoms with Crippen molar-refractivity contribution < 1.29 is 14.6 Å². The second kappa shape index (κ2) is 7.05. The van der Waals surface area contributed by atoms with E-state index in [0.29, 0.717) is 24.5 Å². The van der Waals surface area contributed by atoms with E-state index < -0.39 is 0 Å². The van der Waals surface area contributed by atoms with E-state index in [9.17, 15) is 9.90 Å². The van der Waals surface area contributed by atoms with Crippen LogP contribution in [0.1, 0.15) is 30.3 Å². The number of rotatable bonds is 4.